The van der Waals surface area contributed by atoms with E-state index < -0.39 is 12.2 Å². The molecular formula is C33H26O4. The Hall–Kier alpha value is -4.70. The van der Waals surface area contributed by atoms with Crippen LogP contribution in [0.2, 0.25) is 0 Å². The molecule has 0 aromatic heterocycles. The van der Waals surface area contributed by atoms with Gasteiger partial charge in [0.25, 0.3) is 0 Å². The third-order valence-electron chi connectivity index (χ3n) is 6.17. The number of hydrogen-bond acceptors (Lipinski definition) is 4. The molecule has 182 valence electrons. The van der Waals surface area contributed by atoms with Crippen LogP contribution in [0.4, 0.5) is 0 Å². The van der Waals surface area contributed by atoms with Crippen molar-refractivity contribution in [3.63, 3.8) is 0 Å². The summed E-state index contributed by atoms with van der Waals surface area (Å²) in [6.07, 6.45) is -1.84. The fourth-order valence-corrected chi connectivity index (χ4v) is 4.34. The zero-order chi connectivity index (χ0) is 25.5. The minimum atomic E-state index is -0.949. The van der Waals surface area contributed by atoms with E-state index in [4.69, 9.17) is 9.47 Å². The summed E-state index contributed by atoms with van der Waals surface area (Å²) in [5.41, 5.74) is 1.06. The Morgan fingerprint density at radius 1 is 0.514 bits per heavy atom. The highest BCUT2D eigenvalue weighted by atomic mass is 16.5. The van der Waals surface area contributed by atoms with E-state index in [9.17, 15) is 9.59 Å². The smallest absolute Gasteiger partial charge is 0.204 e. The predicted octanol–water partition coefficient (Wildman–Crippen LogP) is 7.19. The summed E-state index contributed by atoms with van der Waals surface area (Å²) in [5.74, 6) is 0.680. The topological polar surface area (TPSA) is 52.6 Å². The number of para-hydroxylation sites is 2. The van der Waals surface area contributed by atoms with Crippen LogP contribution in [0, 0.1) is 0 Å². The number of carbonyl (C=O) groups excluding carboxylic acids is 2. The van der Waals surface area contributed by atoms with E-state index in [1.165, 1.54) is 0 Å². The Morgan fingerprint density at radius 3 is 1.62 bits per heavy atom. The standard InChI is InChI=1S/C33H26O4/c34-32(25-14-4-1-5-15-25)30(36-26-17-6-2-7-18-26)23-31(37-27-19-8-3-9-20-27)33(35)29-22-12-16-24-13-10-11-21-28(24)29/h1-22,30-31H,23H2. The Kier molecular flexibility index (Phi) is 7.37. The summed E-state index contributed by atoms with van der Waals surface area (Å²) in [7, 11) is 0. The van der Waals surface area contributed by atoms with Crippen molar-refractivity contribution in [2.45, 2.75) is 18.6 Å². The predicted molar refractivity (Wildman–Crippen MR) is 145 cm³/mol. The minimum absolute atomic E-state index is 0.0412. The van der Waals surface area contributed by atoms with Crippen molar-refractivity contribution in [2.24, 2.45) is 0 Å². The summed E-state index contributed by atoms with van der Waals surface area (Å²) in [4.78, 5) is 27.6. The second-order valence-corrected chi connectivity index (χ2v) is 8.70. The zero-order valence-corrected chi connectivity index (χ0v) is 20.2. The number of ether oxygens (including phenoxy) is 2. The highest BCUT2D eigenvalue weighted by Crippen LogP contribution is 2.25. The van der Waals surface area contributed by atoms with Crippen molar-refractivity contribution in [1.82, 2.24) is 0 Å². The van der Waals surface area contributed by atoms with Crippen LogP contribution in [0.25, 0.3) is 10.8 Å². The quantitative estimate of drug-likeness (QED) is 0.196. The second kappa shape index (κ2) is 11.4. The van der Waals surface area contributed by atoms with Gasteiger partial charge in [0.15, 0.2) is 12.2 Å². The Balaban J connectivity index is 1.53. The first-order valence-electron chi connectivity index (χ1n) is 12.2. The van der Waals surface area contributed by atoms with E-state index in [1.807, 2.05) is 91.0 Å². The van der Waals surface area contributed by atoms with E-state index >= 15 is 0 Å². The molecule has 0 aliphatic rings. The van der Waals surface area contributed by atoms with E-state index in [2.05, 4.69) is 0 Å². The molecule has 5 aromatic carbocycles. The Labute approximate surface area is 216 Å². The number of fused-ring (bicyclic) bond motifs is 1. The molecule has 37 heavy (non-hydrogen) atoms. The van der Waals surface area contributed by atoms with E-state index in [-0.39, 0.29) is 18.0 Å². The molecule has 0 saturated heterocycles. The van der Waals surface area contributed by atoms with Crippen LogP contribution in [0.1, 0.15) is 27.1 Å². The van der Waals surface area contributed by atoms with E-state index in [0.29, 0.717) is 22.6 Å². The van der Waals surface area contributed by atoms with Crippen LogP contribution >= 0.6 is 0 Å². The zero-order valence-electron chi connectivity index (χ0n) is 20.2. The molecule has 5 aromatic rings. The normalized spacial score (nSPS) is 12.4. The first-order valence-corrected chi connectivity index (χ1v) is 12.2. The highest BCUT2D eigenvalue weighted by molar-refractivity contribution is 6.10. The summed E-state index contributed by atoms with van der Waals surface area (Å²) in [6, 6.07) is 40.7. The molecule has 0 aliphatic heterocycles. The van der Waals surface area contributed by atoms with Gasteiger partial charge < -0.3 is 9.47 Å². The maximum absolute atomic E-state index is 14.0. The van der Waals surface area contributed by atoms with Crippen LogP contribution in [0.15, 0.2) is 133 Å². The highest BCUT2D eigenvalue weighted by Gasteiger charge is 2.32. The molecule has 0 bridgehead atoms. The third-order valence-corrected chi connectivity index (χ3v) is 6.17. The molecule has 2 atom stereocenters. The fraction of sp³-hybridized carbons (Fsp3) is 0.0909. The average molecular weight is 487 g/mol. The van der Waals surface area contributed by atoms with Crippen LogP contribution in [-0.4, -0.2) is 23.8 Å². The third kappa shape index (κ3) is 5.76. The summed E-state index contributed by atoms with van der Waals surface area (Å²) in [5, 5.41) is 1.80. The number of benzene rings is 5. The van der Waals surface area contributed by atoms with Gasteiger partial charge >= 0.3 is 0 Å². The van der Waals surface area contributed by atoms with Crippen LogP contribution in [0.5, 0.6) is 11.5 Å². The van der Waals surface area contributed by atoms with Gasteiger partial charge in [-0.3, -0.25) is 9.59 Å². The molecule has 5 rings (SSSR count). The molecule has 4 nitrogen and oxygen atoms in total. The molecule has 0 N–H and O–H groups in total. The number of carbonyl (C=O) groups is 2. The van der Waals surface area contributed by atoms with Gasteiger partial charge in [-0.25, -0.2) is 0 Å². The monoisotopic (exact) mass is 486 g/mol. The summed E-state index contributed by atoms with van der Waals surface area (Å²) < 4.78 is 12.4. The van der Waals surface area contributed by atoms with Gasteiger partial charge in [0.1, 0.15) is 11.5 Å². The van der Waals surface area contributed by atoms with Gasteiger partial charge in [-0.1, -0.05) is 109 Å². The molecule has 0 aliphatic carbocycles. The minimum Gasteiger partial charge on any atom is -0.482 e. The lowest BCUT2D eigenvalue weighted by atomic mass is 9.94. The lowest BCUT2D eigenvalue weighted by Crippen LogP contribution is -2.38. The molecule has 4 heteroatoms. The lowest BCUT2D eigenvalue weighted by molar-refractivity contribution is 0.0589. The molecular weight excluding hydrogens is 460 g/mol. The van der Waals surface area contributed by atoms with Crippen LogP contribution in [0.3, 0.4) is 0 Å². The molecule has 0 saturated carbocycles. The lowest BCUT2D eigenvalue weighted by Gasteiger charge is -2.24. The summed E-state index contributed by atoms with van der Waals surface area (Å²) in [6.45, 7) is 0. The number of ketones is 2. The van der Waals surface area contributed by atoms with Gasteiger partial charge in [0, 0.05) is 17.5 Å². The van der Waals surface area contributed by atoms with Crippen molar-refractivity contribution in [1.29, 1.82) is 0 Å². The average Bonchev–Trinajstić information content (AvgIpc) is 2.97. The van der Waals surface area contributed by atoms with Gasteiger partial charge in [-0.2, -0.15) is 0 Å². The molecule has 2 unspecified atom stereocenters. The maximum Gasteiger partial charge on any atom is 0.204 e. The Bertz CT molecular complexity index is 1480. The molecule has 0 heterocycles. The van der Waals surface area contributed by atoms with Gasteiger partial charge in [0.2, 0.25) is 11.6 Å². The largest absolute Gasteiger partial charge is 0.482 e. The first kappa shape index (κ1) is 24.0. The van der Waals surface area contributed by atoms with Crippen LogP contribution in [-0.2, 0) is 0 Å². The molecule has 0 radical (unpaired) electrons. The number of hydrogen-bond donors (Lipinski definition) is 0. The van der Waals surface area contributed by atoms with Gasteiger partial charge in [0.05, 0.1) is 0 Å². The molecule has 0 fully saturated rings. The van der Waals surface area contributed by atoms with Crippen molar-refractivity contribution in [3.05, 3.63) is 145 Å². The fourth-order valence-electron chi connectivity index (χ4n) is 4.34. The number of Topliss-reactive ketones (excluding diaryl/α,β-unsaturated/α-hetero) is 2. The molecule has 0 amide bonds. The maximum atomic E-state index is 14.0. The van der Waals surface area contributed by atoms with Crippen molar-refractivity contribution >= 4 is 22.3 Å². The SMILES string of the molecule is O=C(c1ccccc1)C(CC(Oc1ccccc1)C(=O)c1cccc2ccccc12)Oc1ccccc1. The van der Waals surface area contributed by atoms with Crippen molar-refractivity contribution < 1.29 is 19.1 Å². The van der Waals surface area contributed by atoms with Gasteiger partial charge in [-0.15, -0.1) is 0 Å². The second-order valence-electron chi connectivity index (χ2n) is 8.70. The van der Waals surface area contributed by atoms with Crippen LogP contribution < -0.4 is 9.47 Å². The summed E-state index contributed by atoms with van der Waals surface area (Å²) >= 11 is 0. The van der Waals surface area contributed by atoms with E-state index in [0.717, 1.165) is 10.8 Å². The van der Waals surface area contributed by atoms with Crippen molar-refractivity contribution in [3.8, 4) is 11.5 Å². The molecule has 0 spiro atoms. The van der Waals surface area contributed by atoms with Gasteiger partial charge in [-0.05, 0) is 35.0 Å². The van der Waals surface area contributed by atoms with E-state index in [1.54, 1.807) is 42.5 Å². The first-order chi connectivity index (χ1) is 18.2. The van der Waals surface area contributed by atoms with Crippen molar-refractivity contribution in [2.75, 3.05) is 0 Å². The Morgan fingerprint density at radius 2 is 1.00 bits per heavy atom. The number of rotatable bonds is 10.